The van der Waals surface area contributed by atoms with Gasteiger partial charge >= 0.3 is 0 Å². The topological polar surface area (TPSA) is 29.5 Å². The lowest BCUT2D eigenvalue weighted by Gasteiger charge is -2.35. The lowest BCUT2D eigenvalue weighted by Crippen LogP contribution is -2.33. The van der Waals surface area contributed by atoms with Crippen LogP contribution in [0.2, 0.25) is 0 Å². The van der Waals surface area contributed by atoms with E-state index in [4.69, 9.17) is 4.74 Å². The van der Waals surface area contributed by atoms with Crippen molar-refractivity contribution in [3.05, 3.63) is 29.3 Å². The van der Waals surface area contributed by atoms with Gasteiger partial charge in [0, 0.05) is 11.3 Å². The Labute approximate surface area is 119 Å². The summed E-state index contributed by atoms with van der Waals surface area (Å²) in [5.41, 5.74) is 3.01. The Balaban J connectivity index is 2.57. The second kappa shape index (κ2) is 5.12. The number of thioether (sulfide) groups is 1. The van der Waals surface area contributed by atoms with Crippen molar-refractivity contribution < 1.29 is 9.84 Å². The third-order valence-corrected chi connectivity index (χ3v) is 4.85. The summed E-state index contributed by atoms with van der Waals surface area (Å²) < 4.78 is 6.16. The summed E-state index contributed by atoms with van der Waals surface area (Å²) in [5.74, 6) is 2.18. The van der Waals surface area contributed by atoms with E-state index in [0.29, 0.717) is 5.75 Å². The second-order valence-electron chi connectivity index (χ2n) is 5.70. The van der Waals surface area contributed by atoms with Crippen LogP contribution in [0.4, 0.5) is 0 Å². The summed E-state index contributed by atoms with van der Waals surface area (Å²) in [4.78, 5) is 0.966. The molecule has 2 rings (SSSR count). The fraction of sp³-hybridized carbons (Fsp3) is 0.500. The monoisotopic (exact) mass is 278 g/mol. The molecule has 2 nitrogen and oxygen atoms in total. The van der Waals surface area contributed by atoms with Crippen LogP contribution in [0.5, 0.6) is 11.5 Å². The molecule has 0 saturated heterocycles. The quantitative estimate of drug-likeness (QED) is 0.657. The maximum atomic E-state index is 10.4. The van der Waals surface area contributed by atoms with Gasteiger partial charge in [0.15, 0.2) is 0 Å². The first-order chi connectivity index (χ1) is 8.87. The first-order valence-corrected chi connectivity index (χ1v) is 7.63. The normalized spacial score (nSPS) is 16.6. The van der Waals surface area contributed by atoms with Gasteiger partial charge in [-0.3, -0.25) is 0 Å². The largest absolute Gasteiger partial charge is 0.506 e. The molecule has 1 N–H and O–H groups in total. The van der Waals surface area contributed by atoms with E-state index in [0.717, 1.165) is 45.9 Å². The molecular formula is C16H22O2S. The number of phenolic OH excluding ortho intramolecular Hbond substituents is 1. The molecule has 0 saturated carbocycles. The molecule has 1 aromatic carbocycles. The zero-order chi connectivity index (χ0) is 14.2. The minimum atomic E-state index is -0.123. The van der Waals surface area contributed by atoms with E-state index in [1.54, 1.807) is 11.8 Å². The molecule has 0 spiro atoms. The van der Waals surface area contributed by atoms with Gasteiger partial charge in [-0.15, -0.1) is 18.3 Å². The van der Waals surface area contributed by atoms with Gasteiger partial charge in [-0.25, -0.2) is 0 Å². The van der Waals surface area contributed by atoms with E-state index in [2.05, 4.69) is 20.4 Å². The minimum absolute atomic E-state index is 0.123. The molecule has 1 aliphatic rings. The molecule has 3 heteroatoms. The van der Waals surface area contributed by atoms with Crippen molar-refractivity contribution >= 4 is 11.8 Å². The van der Waals surface area contributed by atoms with Crippen LogP contribution in [0.3, 0.4) is 0 Å². The first kappa shape index (κ1) is 14.3. The molecule has 0 unspecified atom stereocenters. The fourth-order valence-electron chi connectivity index (χ4n) is 2.41. The molecule has 0 aliphatic carbocycles. The lowest BCUT2D eigenvalue weighted by molar-refractivity contribution is 0.0823. The van der Waals surface area contributed by atoms with Gasteiger partial charge in [0.25, 0.3) is 0 Å². The Hall–Kier alpha value is -1.09. The summed E-state index contributed by atoms with van der Waals surface area (Å²) in [6.07, 6.45) is 3.79. The Morgan fingerprint density at radius 2 is 2.05 bits per heavy atom. The van der Waals surface area contributed by atoms with Crippen molar-refractivity contribution in [2.24, 2.45) is 0 Å². The number of aromatic hydroxyl groups is 1. The molecular weight excluding hydrogens is 256 g/mol. The predicted molar refractivity (Wildman–Crippen MR) is 81.5 cm³/mol. The number of benzene rings is 1. The highest BCUT2D eigenvalue weighted by molar-refractivity contribution is 7.99. The molecule has 104 valence electrons. The number of hydrogen-bond donors (Lipinski definition) is 1. The average Bonchev–Trinajstić information content (AvgIpc) is 2.36. The number of phenols is 1. The molecule has 0 radical (unpaired) electrons. The highest BCUT2D eigenvalue weighted by atomic mass is 32.2. The van der Waals surface area contributed by atoms with Crippen LogP contribution in [-0.2, 0) is 6.42 Å². The lowest BCUT2D eigenvalue weighted by atomic mass is 9.91. The minimum Gasteiger partial charge on any atom is -0.506 e. The third-order valence-electron chi connectivity index (χ3n) is 3.72. The van der Waals surface area contributed by atoms with E-state index in [1.165, 1.54) is 0 Å². The Kier molecular flexibility index (Phi) is 3.86. The summed E-state index contributed by atoms with van der Waals surface area (Å²) in [7, 11) is 0. The van der Waals surface area contributed by atoms with Gasteiger partial charge in [-0.2, -0.15) is 0 Å². The smallest absolute Gasteiger partial charge is 0.132 e. The zero-order valence-corrected chi connectivity index (χ0v) is 13.0. The van der Waals surface area contributed by atoms with Gasteiger partial charge in [0.05, 0.1) is 4.90 Å². The van der Waals surface area contributed by atoms with E-state index in [-0.39, 0.29) is 5.60 Å². The van der Waals surface area contributed by atoms with Crippen molar-refractivity contribution in [2.75, 3.05) is 5.75 Å². The molecule has 0 aromatic heterocycles. The SMILES string of the molecule is C=CCSc1c(O)c(C)c(C)c2c1CCC(C)(C)O2. The van der Waals surface area contributed by atoms with Gasteiger partial charge in [0.1, 0.15) is 17.1 Å². The fourth-order valence-corrected chi connectivity index (χ4v) is 3.35. The second-order valence-corrected chi connectivity index (χ2v) is 6.73. The maximum Gasteiger partial charge on any atom is 0.132 e. The molecule has 1 aromatic rings. The van der Waals surface area contributed by atoms with Crippen LogP contribution in [0.15, 0.2) is 17.6 Å². The van der Waals surface area contributed by atoms with Crippen LogP contribution in [0, 0.1) is 13.8 Å². The molecule has 1 heterocycles. The van der Waals surface area contributed by atoms with Crippen molar-refractivity contribution in [3.8, 4) is 11.5 Å². The van der Waals surface area contributed by atoms with Crippen LogP contribution >= 0.6 is 11.8 Å². The van der Waals surface area contributed by atoms with Crippen molar-refractivity contribution in [1.82, 2.24) is 0 Å². The van der Waals surface area contributed by atoms with Gasteiger partial charge in [-0.05, 0) is 51.7 Å². The Morgan fingerprint density at radius 1 is 1.37 bits per heavy atom. The highest BCUT2D eigenvalue weighted by Crippen LogP contribution is 2.47. The van der Waals surface area contributed by atoms with Crippen molar-refractivity contribution in [2.45, 2.75) is 51.0 Å². The van der Waals surface area contributed by atoms with E-state index < -0.39 is 0 Å². The summed E-state index contributed by atoms with van der Waals surface area (Å²) in [6.45, 7) is 12.0. The molecule has 0 fully saturated rings. The molecule has 0 atom stereocenters. The molecule has 1 aliphatic heterocycles. The van der Waals surface area contributed by atoms with Crippen LogP contribution < -0.4 is 4.74 Å². The average molecular weight is 278 g/mol. The standard InChI is InChI=1S/C16H22O2S/c1-6-9-19-15-12-7-8-16(4,5)18-14(12)11(3)10(2)13(15)17/h6,17H,1,7-9H2,2-5H3. The summed E-state index contributed by atoms with van der Waals surface area (Å²) in [6, 6.07) is 0. The summed E-state index contributed by atoms with van der Waals surface area (Å²) >= 11 is 1.64. The number of ether oxygens (including phenoxy) is 1. The predicted octanol–water partition coefficient (Wildman–Crippen LogP) is 4.39. The maximum absolute atomic E-state index is 10.4. The van der Waals surface area contributed by atoms with Crippen LogP contribution in [0.1, 0.15) is 37.0 Å². The number of hydrogen-bond acceptors (Lipinski definition) is 3. The molecule has 19 heavy (non-hydrogen) atoms. The van der Waals surface area contributed by atoms with Crippen molar-refractivity contribution in [1.29, 1.82) is 0 Å². The molecule has 0 bridgehead atoms. The summed E-state index contributed by atoms with van der Waals surface area (Å²) in [5, 5.41) is 10.4. The third kappa shape index (κ3) is 2.62. The Morgan fingerprint density at radius 3 is 2.68 bits per heavy atom. The van der Waals surface area contributed by atoms with E-state index in [1.807, 2.05) is 19.9 Å². The molecule has 0 amide bonds. The van der Waals surface area contributed by atoms with Gasteiger partial charge < -0.3 is 9.84 Å². The van der Waals surface area contributed by atoms with Crippen LogP contribution in [-0.4, -0.2) is 16.5 Å². The van der Waals surface area contributed by atoms with E-state index in [9.17, 15) is 5.11 Å². The number of fused-ring (bicyclic) bond motifs is 1. The zero-order valence-electron chi connectivity index (χ0n) is 12.2. The van der Waals surface area contributed by atoms with Crippen molar-refractivity contribution in [3.63, 3.8) is 0 Å². The van der Waals surface area contributed by atoms with E-state index >= 15 is 0 Å². The number of rotatable bonds is 3. The Bertz CT molecular complexity index is 518. The van der Waals surface area contributed by atoms with Crippen LogP contribution in [0.25, 0.3) is 0 Å². The van der Waals surface area contributed by atoms with Gasteiger partial charge in [-0.1, -0.05) is 6.08 Å². The first-order valence-electron chi connectivity index (χ1n) is 6.65. The van der Waals surface area contributed by atoms with Gasteiger partial charge in [0.2, 0.25) is 0 Å². The highest BCUT2D eigenvalue weighted by Gasteiger charge is 2.31.